The van der Waals surface area contributed by atoms with Crippen molar-refractivity contribution in [3.8, 4) is 0 Å². The lowest BCUT2D eigenvalue weighted by Crippen LogP contribution is -2.02. The van der Waals surface area contributed by atoms with Gasteiger partial charge < -0.3 is 9.30 Å². The fourth-order valence-electron chi connectivity index (χ4n) is 2.26. The fourth-order valence-corrected chi connectivity index (χ4v) is 2.26. The van der Waals surface area contributed by atoms with Crippen LogP contribution in [-0.4, -0.2) is 11.2 Å². The van der Waals surface area contributed by atoms with Crippen LogP contribution in [0.5, 0.6) is 0 Å². The van der Waals surface area contributed by atoms with Crippen molar-refractivity contribution in [2.24, 2.45) is 0 Å². The van der Waals surface area contributed by atoms with Crippen molar-refractivity contribution < 1.29 is 4.74 Å². The molecular weight excluding hydrogens is 222 g/mol. The summed E-state index contributed by atoms with van der Waals surface area (Å²) in [6, 6.07) is 6.73. The van der Waals surface area contributed by atoms with Gasteiger partial charge in [0, 0.05) is 18.2 Å². The van der Waals surface area contributed by atoms with Gasteiger partial charge in [-0.05, 0) is 37.0 Å². The van der Waals surface area contributed by atoms with Crippen molar-refractivity contribution in [2.75, 3.05) is 6.61 Å². The highest BCUT2D eigenvalue weighted by atomic mass is 16.5. The van der Waals surface area contributed by atoms with Gasteiger partial charge in [0.15, 0.2) is 0 Å². The lowest BCUT2D eigenvalue weighted by molar-refractivity contribution is 0.0776. The van der Waals surface area contributed by atoms with Crippen LogP contribution in [0.25, 0.3) is 10.9 Å². The van der Waals surface area contributed by atoms with Crippen LogP contribution < -0.4 is 0 Å². The maximum absolute atomic E-state index is 5.72. The molecule has 18 heavy (non-hydrogen) atoms. The Balaban J connectivity index is 2.21. The Kier molecular flexibility index (Phi) is 4.43. The normalized spacial score (nSPS) is 11.3. The van der Waals surface area contributed by atoms with Gasteiger partial charge in [0.1, 0.15) is 6.73 Å². The predicted molar refractivity (Wildman–Crippen MR) is 76.9 cm³/mol. The van der Waals surface area contributed by atoms with Gasteiger partial charge in [-0.2, -0.15) is 0 Å². The Hall–Kier alpha value is -1.28. The maximum Gasteiger partial charge on any atom is 0.122 e. The average molecular weight is 245 g/mol. The highest BCUT2D eigenvalue weighted by Crippen LogP contribution is 2.22. The first kappa shape index (κ1) is 13.2. The summed E-state index contributed by atoms with van der Waals surface area (Å²) in [6.07, 6.45) is 5.59. The molecule has 0 bridgehead atoms. The topological polar surface area (TPSA) is 14.2 Å². The molecule has 0 amide bonds. The minimum atomic E-state index is 0.664. The molecule has 0 saturated carbocycles. The fraction of sp³-hybridized carbons (Fsp3) is 0.500. The van der Waals surface area contributed by atoms with Gasteiger partial charge >= 0.3 is 0 Å². The number of nitrogens with zero attached hydrogens (tertiary/aromatic N) is 1. The van der Waals surface area contributed by atoms with E-state index in [0.717, 1.165) is 19.4 Å². The van der Waals surface area contributed by atoms with E-state index in [0.29, 0.717) is 6.73 Å². The molecular formula is C16H23NO. The maximum atomic E-state index is 5.72. The first-order valence-corrected chi connectivity index (χ1v) is 6.92. The largest absolute Gasteiger partial charge is 0.361 e. The Labute approximate surface area is 110 Å². The molecule has 2 nitrogen and oxygen atoms in total. The van der Waals surface area contributed by atoms with Gasteiger partial charge in [0.2, 0.25) is 0 Å². The quantitative estimate of drug-likeness (QED) is 0.693. The van der Waals surface area contributed by atoms with E-state index in [9.17, 15) is 0 Å². The molecule has 0 unspecified atom stereocenters. The van der Waals surface area contributed by atoms with E-state index in [1.165, 1.54) is 28.5 Å². The zero-order valence-electron chi connectivity index (χ0n) is 11.7. The number of rotatable bonds is 6. The van der Waals surface area contributed by atoms with Gasteiger partial charge in [-0.15, -0.1) is 0 Å². The summed E-state index contributed by atoms with van der Waals surface area (Å²) < 4.78 is 7.94. The van der Waals surface area contributed by atoms with Gasteiger partial charge in [-0.3, -0.25) is 0 Å². The van der Waals surface area contributed by atoms with Crippen LogP contribution in [-0.2, 0) is 17.9 Å². The molecule has 2 rings (SSSR count). The minimum absolute atomic E-state index is 0.664. The molecule has 2 heteroatoms. The van der Waals surface area contributed by atoms with Crippen LogP contribution in [0.15, 0.2) is 24.4 Å². The third kappa shape index (κ3) is 2.75. The molecule has 0 aliphatic rings. The van der Waals surface area contributed by atoms with Crippen LogP contribution in [0.1, 0.15) is 37.8 Å². The van der Waals surface area contributed by atoms with Crippen molar-refractivity contribution in [1.29, 1.82) is 0 Å². The number of aromatic nitrogens is 1. The molecule has 98 valence electrons. The first-order valence-electron chi connectivity index (χ1n) is 6.92. The number of fused-ring (bicyclic) bond motifs is 1. The van der Waals surface area contributed by atoms with Crippen molar-refractivity contribution in [1.82, 2.24) is 4.57 Å². The Morgan fingerprint density at radius 2 is 2.06 bits per heavy atom. The Bertz CT molecular complexity index is 513. The van der Waals surface area contributed by atoms with Crippen LogP contribution in [0.4, 0.5) is 0 Å². The van der Waals surface area contributed by atoms with Crippen molar-refractivity contribution >= 4 is 10.9 Å². The summed E-state index contributed by atoms with van der Waals surface area (Å²) in [6.45, 7) is 8.06. The SMILES string of the molecule is CCCCOCn1cc(C)c2ccc(CC)cc21. The summed E-state index contributed by atoms with van der Waals surface area (Å²) in [4.78, 5) is 0. The number of ether oxygens (including phenoxy) is 1. The smallest absolute Gasteiger partial charge is 0.122 e. The number of benzene rings is 1. The third-order valence-corrected chi connectivity index (χ3v) is 3.43. The van der Waals surface area contributed by atoms with Crippen molar-refractivity contribution in [3.05, 3.63) is 35.5 Å². The van der Waals surface area contributed by atoms with E-state index in [2.05, 4.69) is 49.7 Å². The van der Waals surface area contributed by atoms with Crippen molar-refractivity contribution in [3.63, 3.8) is 0 Å². The third-order valence-electron chi connectivity index (χ3n) is 3.43. The van der Waals surface area contributed by atoms with E-state index < -0.39 is 0 Å². The van der Waals surface area contributed by atoms with Crippen LogP contribution in [0, 0.1) is 6.92 Å². The molecule has 0 atom stereocenters. The van der Waals surface area contributed by atoms with Crippen LogP contribution in [0.2, 0.25) is 0 Å². The van der Waals surface area contributed by atoms with Crippen LogP contribution in [0.3, 0.4) is 0 Å². The molecule has 0 aliphatic carbocycles. The minimum Gasteiger partial charge on any atom is -0.361 e. The van der Waals surface area contributed by atoms with E-state index in [1.54, 1.807) is 0 Å². The van der Waals surface area contributed by atoms with E-state index in [-0.39, 0.29) is 0 Å². The number of hydrogen-bond donors (Lipinski definition) is 0. The Morgan fingerprint density at radius 1 is 1.22 bits per heavy atom. The number of hydrogen-bond acceptors (Lipinski definition) is 1. The second-order valence-corrected chi connectivity index (χ2v) is 4.88. The molecule has 0 spiro atoms. The van der Waals surface area contributed by atoms with Crippen LogP contribution >= 0.6 is 0 Å². The van der Waals surface area contributed by atoms with Gasteiger partial charge in [-0.25, -0.2) is 0 Å². The molecule has 2 aromatic rings. The molecule has 1 aromatic carbocycles. The van der Waals surface area contributed by atoms with Crippen molar-refractivity contribution in [2.45, 2.75) is 46.8 Å². The second kappa shape index (κ2) is 6.05. The molecule has 0 saturated heterocycles. The number of aryl methyl sites for hydroxylation is 2. The molecule has 0 aliphatic heterocycles. The summed E-state index contributed by atoms with van der Waals surface area (Å²) in [5, 5.41) is 1.34. The average Bonchev–Trinajstić information content (AvgIpc) is 2.71. The second-order valence-electron chi connectivity index (χ2n) is 4.88. The highest BCUT2D eigenvalue weighted by Gasteiger charge is 2.05. The standard InChI is InChI=1S/C16H23NO/c1-4-6-9-18-12-17-11-13(3)15-8-7-14(5-2)10-16(15)17/h7-8,10-11H,4-6,9,12H2,1-3H3. The monoisotopic (exact) mass is 245 g/mol. The molecule has 1 heterocycles. The molecule has 1 aromatic heterocycles. The first-order chi connectivity index (χ1) is 8.76. The molecule has 0 radical (unpaired) electrons. The Morgan fingerprint density at radius 3 is 2.78 bits per heavy atom. The lowest BCUT2D eigenvalue weighted by atomic mass is 10.1. The molecule has 0 fully saturated rings. The summed E-state index contributed by atoms with van der Waals surface area (Å²) in [5.41, 5.74) is 4.01. The predicted octanol–water partition coefficient (Wildman–Crippen LogP) is 4.29. The van der Waals surface area contributed by atoms with Gasteiger partial charge in [0.05, 0.1) is 5.52 Å². The summed E-state index contributed by atoms with van der Waals surface area (Å²) in [5.74, 6) is 0. The highest BCUT2D eigenvalue weighted by molar-refractivity contribution is 5.84. The van der Waals surface area contributed by atoms with Gasteiger partial charge in [0.25, 0.3) is 0 Å². The zero-order chi connectivity index (χ0) is 13.0. The zero-order valence-corrected chi connectivity index (χ0v) is 11.7. The van der Waals surface area contributed by atoms with E-state index in [4.69, 9.17) is 4.74 Å². The summed E-state index contributed by atoms with van der Waals surface area (Å²) in [7, 11) is 0. The number of unbranched alkanes of at least 4 members (excludes halogenated alkanes) is 1. The van der Waals surface area contributed by atoms with Gasteiger partial charge in [-0.1, -0.05) is 32.4 Å². The van der Waals surface area contributed by atoms with E-state index in [1.807, 2.05) is 0 Å². The molecule has 0 N–H and O–H groups in total. The lowest BCUT2D eigenvalue weighted by Gasteiger charge is -2.07. The summed E-state index contributed by atoms with van der Waals surface area (Å²) >= 11 is 0. The van der Waals surface area contributed by atoms with E-state index >= 15 is 0 Å².